The minimum Gasteiger partial charge on any atom is -0.459 e. The zero-order chi connectivity index (χ0) is 18.2. The van der Waals surface area contributed by atoms with Crippen molar-refractivity contribution in [2.24, 2.45) is 35.5 Å². The Morgan fingerprint density at radius 3 is 1.07 bits per heavy atom. The van der Waals surface area contributed by atoms with Crippen molar-refractivity contribution < 1.29 is 19.1 Å². The summed E-state index contributed by atoms with van der Waals surface area (Å²) in [5, 5.41) is 0. The van der Waals surface area contributed by atoms with E-state index in [9.17, 15) is 9.59 Å². The summed E-state index contributed by atoms with van der Waals surface area (Å²) in [5.41, 5.74) is -0.514. The summed E-state index contributed by atoms with van der Waals surface area (Å²) in [6, 6.07) is 0. The minimum absolute atomic E-state index is 0.191. The van der Waals surface area contributed by atoms with Gasteiger partial charge in [0.2, 0.25) is 0 Å². The van der Waals surface area contributed by atoms with E-state index in [4.69, 9.17) is 9.47 Å². The molecule has 4 nitrogen and oxygen atoms in total. The van der Waals surface area contributed by atoms with Gasteiger partial charge in [0.15, 0.2) is 0 Å². The van der Waals surface area contributed by atoms with Crippen LogP contribution in [-0.4, -0.2) is 23.1 Å². The van der Waals surface area contributed by atoms with Crippen LogP contribution in [0.5, 0.6) is 0 Å². The highest BCUT2D eigenvalue weighted by Gasteiger charge is 2.55. The van der Waals surface area contributed by atoms with Gasteiger partial charge in [0.25, 0.3) is 0 Å². The van der Waals surface area contributed by atoms with Crippen LogP contribution in [0.1, 0.15) is 83.5 Å². The summed E-state index contributed by atoms with van der Waals surface area (Å²) in [4.78, 5) is 25.2. The predicted molar refractivity (Wildman–Crippen MR) is 98.6 cm³/mol. The van der Waals surface area contributed by atoms with Crippen molar-refractivity contribution in [3.63, 3.8) is 0 Å². The van der Waals surface area contributed by atoms with Crippen LogP contribution >= 0.6 is 0 Å². The lowest BCUT2D eigenvalue weighted by Gasteiger charge is -2.56. The van der Waals surface area contributed by atoms with Crippen LogP contribution in [0.2, 0.25) is 0 Å². The number of ether oxygens (including phenoxy) is 2. The van der Waals surface area contributed by atoms with E-state index in [1.807, 2.05) is 0 Å². The maximum atomic E-state index is 12.6. The van der Waals surface area contributed by atoms with Crippen molar-refractivity contribution in [2.45, 2.75) is 94.7 Å². The Bertz CT molecular complexity index is 539. The number of carbonyl (C=O) groups is 2. The molecule has 0 amide bonds. The van der Waals surface area contributed by atoms with Gasteiger partial charge in [0.05, 0.1) is 0 Å². The Labute approximate surface area is 161 Å². The van der Waals surface area contributed by atoms with Crippen molar-refractivity contribution in [3.8, 4) is 0 Å². The average molecular weight is 373 g/mol. The molecule has 8 aliphatic rings. The summed E-state index contributed by atoms with van der Waals surface area (Å²) in [6.07, 6.45) is 13.9. The zero-order valence-corrected chi connectivity index (χ0v) is 16.3. The molecule has 8 saturated carbocycles. The van der Waals surface area contributed by atoms with Crippen LogP contribution < -0.4 is 0 Å². The third-order valence-electron chi connectivity index (χ3n) is 8.91. The van der Waals surface area contributed by atoms with E-state index in [0.29, 0.717) is 0 Å². The normalized spacial score (nSPS) is 51.4. The fourth-order valence-electron chi connectivity index (χ4n) is 8.99. The number of hydrogen-bond donors (Lipinski definition) is 0. The first kappa shape index (κ1) is 16.9. The predicted octanol–water partition coefficient (Wildman–Crippen LogP) is 4.40. The molecule has 8 fully saturated rings. The average Bonchev–Trinajstić information content (AvgIpc) is 2.50. The first-order valence-electron chi connectivity index (χ1n) is 11.4. The molecule has 0 heterocycles. The van der Waals surface area contributed by atoms with Crippen molar-refractivity contribution in [1.82, 2.24) is 0 Å². The molecule has 4 heteroatoms. The van der Waals surface area contributed by atoms with Crippen molar-refractivity contribution in [3.05, 3.63) is 0 Å². The maximum absolute atomic E-state index is 12.6. The van der Waals surface area contributed by atoms with Crippen LogP contribution in [0.3, 0.4) is 0 Å². The highest BCUT2D eigenvalue weighted by Crippen LogP contribution is 2.58. The molecule has 0 N–H and O–H groups in total. The molecule has 0 atom stereocenters. The summed E-state index contributed by atoms with van der Waals surface area (Å²) in [6.45, 7) is 0. The Hall–Kier alpha value is -1.06. The molecule has 27 heavy (non-hydrogen) atoms. The van der Waals surface area contributed by atoms with Gasteiger partial charge < -0.3 is 9.47 Å². The lowest BCUT2D eigenvalue weighted by molar-refractivity contribution is -0.196. The van der Waals surface area contributed by atoms with Crippen molar-refractivity contribution >= 4 is 11.9 Å². The summed E-state index contributed by atoms with van der Waals surface area (Å²) in [7, 11) is 0. The maximum Gasteiger partial charge on any atom is 0.317 e. The molecule has 0 aromatic carbocycles. The fraction of sp³-hybridized carbons (Fsp3) is 0.913. The summed E-state index contributed by atoms with van der Waals surface area (Å²) < 4.78 is 12.0. The molecule has 0 aromatic heterocycles. The Morgan fingerprint density at radius 1 is 0.556 bits per heavy atom. The van der Waals surface area contributed by atoms with Gasteiger partial charge in [-0.15, -0.1) is 0 Å². The highest BCUT2D eigenvalue weighted by molar-refractivity contribution is 5.91. The Morgan fingerprint density at radius 2 is 0.815 bits per heavy atom. The molecule has 0 radical (unpaired) electrons. The summed E-state index contributed by atoms with van der Waals surface area (Å²) in [5.74, 6) is 3.75. The molecule has 8 rings (SSSR count). The number of rotatable bonds is 4. The first-order valence-corrected chi connectivity index (χ1v) is 11.4. The quantitative estimate of drug-likeness (QED) is 0.542. The SMILES string of the molecule is O=C(CC(=O)OC12CC3CC(CC(C3)C1)C2)OC12CC3CC(CC(C3)C1)C2. The lowest BCUT2D eigenvalue weighted by Crippen LogP contribution is -2.53. The molecular weight excluding hydrogens is 340 g/mol. The molecule has 0 aromatic rings. The molecule has 8 aliphatic carbocycles. The molecule has 0 aliphatic heterocycles. The second-order valence-electron chi connectivity index (χ2n) is 11.3. The molecule has 0 saturated heterocycles. The molecule has 0 unspecified atom stereocenters. The van der Waals surface area contributed by atoms with E-state index in [2.05, 4.69) is 0 Å². The van der Waals surface area contributed by atoms with Gasteiger partial charge in [0.1, 0.15) is 17.6 Å². The Balaban J connectivity index is 1.08. The van der Waals surface area contributed by atoms with Gasteiger partial charge in [-0.1, -0.05) is 0 Å². The van der Waals surface area contributed by atoms with Crippen LogP contribution in [0.4, 0.5) is 0 Å². The van der Waals surface area contributed by atoms with Crippen molar-refractivity contribution in [2.75, 3.05) is 0 Å². The molecular formula is C23H32O4. The second-order valence-corrected chi connectivity index (χ2v) is 11.3. The topological polar surface area (TPSA) is 52.6 Å². The molecule has 0 spiro atoms. The smallest absolute Gasteiger partial charge is 0.317 e. The highest BCUT2D eigenvalue weighted by atomic mass is 16.6. The van der Waals surface area contributed by atoms with E-state index in [1.165, 1.54) is 38.5 Å². The van der Waals surface area contributed by atoms with Gasteiger partial charge in [-0.05, 0) is 113 Å². The van der Waals surface area contributed by atoms with Crippen molar-refractivity contribution in [1.29, 1.82) is 0 Å². The first-order chi connectivity index (χ1) is 13.0. The van der Waals surface area contributed by atoms with E-state index >= 15 is 0 Å². The van der Waals surface area contributed by atoms with E-state index in [1.54, 1.807) is 0 Å². The third-order valence-corrected chi connectivity index (χ3v) is 8.91. The van der Waals surface area contributed by atoms with Crippen LogP contribution in [0.25, 0.3) is 0 Å². The van der Waals surface area contributed by atoms with Gasteiger partial charge in [0, 0.05) is 0 Å². The van der Waals surface area contributed by atoms with E-state index in [0.717, 1.165) is 74.0 Å². The van der Waals surface area contributed by atoms with Crippen LogP contribution in [0.15, 0.2) is 0 Å². The summed E-state index contributed by atoms with van der Waals surface area (Å²) >= 11 is 0. The second kappa shape index (κ2) is 5.73. The van der Waals surface area contributed by atoms with Gasteiger partial charge in [-0.2, -0.15) is 0 Å². The Kier molecular flexibility index (Phi) is 3.58. The molecule has 8 bridgehead atoms. The largest absolute Gasteiger partial charge is 0.459 e. The number of hydrogen-bond acceptors (Lipinski definition) is 4. The van der Waals surface area contributed by atoms with Crippen LogP contribution in [0, 0.1) is 35.5 Å². The number of carbonyl (C=O) groups excluding carboxylic acids is 2. The molecule has 148 valence electrons. The van der Waals surface area contributed by atoms with Crippen LogP contribution in [-0.2, 0) is 19.1 Å². The third kappa shape index (κ3) is 2.93. The monoisotopic (exact) mass is 372 g/mol. The zero-order valence-electron chi connectivity index (χ0n) is 16.3. The fourth-order valence-corrected chi connectivity index (χ4v) is 8.99. The van der Waals surface area contributed by atoms with E-state index in [-0.39, 0.29) is 29.6 Å². The van der Waals surface area contributed by atoms with Gasteiger partial charge >= 0.3 is 11.9 Å². The van der Waals surface area contributed by atoms with E-state index < -0.39 is 0 Å². The minimum atomic E-state index is -0.341. The van der Waals surface area contributed by atoms with Gasteiger partial charge in [-0.25, -0.2) is 0 Å². The van der Waals surface area contributed by atoms with Gasteiger partial charge in [-0.3, -0.25) is 9.59 Å². The lowest BCUT2D eigenvalue weighted by atomic mass is 9.54. The number of esters is 2. The standard InChI is InChI=1S/C23H32O4/c24-20(26-22-8-14-1-15(9-22)3-16(2-14)10-22)7-21(25)27-23-11-17-4-18(12-23)6-19(5-17)13-23/h14-19H,1-13H2.